The SMILES string of the molecule is CON1C(C)(C)c2ccc(C#CC3=C(C)/C(=C(\c4ccccc4)c4c(C)cc(C)n4B(F)F)N=C3C)cc2C1(C)C. The zero-order valence-corrected chi connectivity index (χ0v) is 25.3. The summed E-state index contributed by atoms with van der Waals surface area (Å²) in [6.07, 6.45) is 0. The number of nitrogens with zero attached hydrogens (tertiary/aromatic N) is 3. The number of halogens is 2. The van der Waals surface area contributed by atoms with Crippen LogP contribution in [-0.2, 0) is 15.9 Å². The number of hydrogen-bond donors (Lipinski definition) is 0. The number of aryl methyl sites for hydroxylation is 2. The molecule has 0 N–H and O–H groups in total. The summed E-state index contributed by atoms with van der Waals surface area (Å²) in [6, 6.07) is 17.8. The molecule has 2 aliphatic rings. The average molecular weight is 551 g/mol. The lowest BCUT2D eigenvalue weighted by Gasteiger charge is -2.38. The molecule has 0 spiro atoms. The molecular weight excluding hydrogens is 515 g/mol. The molecule has 210 valence electrons. The molecule has 5 rings (SSSR count). The molecule has 2 aliphatic heterocycles. The number of benzene rings is 2. The van der Waals surface area contributed by atoms with Crippen LogP contribution >= 0.6 is 0 Å². The van der Waals surface area contributed by atoms with Gasteiger partial charge in [0.05, 0.1) is 35.2 Å². The monoisotopic (exact) mass is 551 g/mol. The van der Waals surface area contributed by atoms with Gasteiger partial charge in [0.25, 0.3) is 0 Å². The molecule has 7 heteroatoms. The zero-order valence-electron chi connectivity index (χ0n) is 25.3. The molecule has 0 unspecified atom stereocenters. The molecule has 0 saturated carbocycles. The molecule has 1 aromatic heterocycles. The Morgan fingerprint density at radius 1 is 0.878 bits per heavy atom. The Labute approximate surface area is 242 Å². The first-order valence-corrected chi connectivity index (χ1v) is 13.9. The van der Waals surface area contributed by atoms with E-state index in [-0.39, 0.29) is 11.1 Å². The van der Waals surface area contributed by atoms with Gasteiger partial charge in [-0.05, 0) is 101 Å². The predicted molar refractivity (Wildman–Crippen MR) is 164 cm³/mol. The van der Waals surface area contributed by atoms with Crippen LogP contribution in [0.2, 0.25) is 0 Å². The molecule has 0 atom stereocenters. The lowest BCUT2D eigenvalue weighted by Crippen LogP contribution is -2.44. The van der Waals surface area contributed by atoms with Crippen molar-refractivity contribution in [3.05, 3.63) is 111 Å². The van der Waals surface area contributed by atoms with Gasteiger partial charge in [-0.2, -0.15) is 5.06 Å². The molecule has 2 aromatic carbocycles. The van der Waals surface area contributed by atoms with Gasteiger partial charge >= 0.3 is 7.40 Å². The highest BCUT2D eigenvalue weighted by molar-refractivity contribution is 6.41. The summed E-state index contributed by atoms with van der Waals surface area (Å²) < 4.78 is 29.8. The zero-order chi connectivity index (χ0) is 29.9. The summed E-state index contributed by atoms with van der Waals surface area (Å²) in [7, 11) is -0.959. The van der Waals surface area contributed by atoms with Crippen molar-refractivity contribution in [3.63, 3.8) is 0 Å². The van der Waals surface area contributed by atoms with E-state index in [4.69, 9.17) is 9.83 Å². The third-order valence-corrected chi connectivity index (χ3v) is 8.39. The second-order valence-corrected chi connectivity index (χ2v) is 11.9. The second kappa shape index (κ2) is 10.3. The van der Waals surface area contributed by atoms with Gasteiger partial charge in [-0.1, -0.05) is 48.2 Å². The van der Waals surface area contributed by atoms with E-state index in [1.807, 2.05) is 62.2 Å². The third kappa shape index (κ3) is 4.60. The molecule has 4 nitrogen and oxygen atoms in total. The summed E-state index contributed by atoms with van der Waals surface area (Å²) in [6.45, 7) is 16.1. The van der Waals surface area contributed by atoms with Crippen LogP contribution in [0, 0.1) is 25.7 Å². The maximum Gasteiger partial charge on any atom is 0.677 e. The van der Waals surface area contributed by atoms with Crippen LogP contribution < -0.4 is 0 Å². The van der Waals surface area contributed by atoms with Gasteiger partial charge in [0.15, 0.2) is 0 Å². The number of hydrogen-bond acceptors (Lipinski definition) is 3. The Kier molecular flexibility index (Phi) is 7.22. The lowest BCUT2D eigenvalue weighted by atomic mass is 9.89. The standard InChI is InChI=1S/C34H36BF2N3O/c1-21-19-22(2)39(35(36)37)32(21)30(26-13-11-10-12-14-26)31-23(3)27(24(4)38-31)17-15-25-16-18-28-29(20-25)34(7,8)40(41-9)33(28,5)6/h10-14,16,18-20H,1-9H3/b31-30-. The minimum Gasteiger partial charge on any atom is -0.329 e. The predicted octanol–water partition coefficient (Wildman–Crippen LogP) is 7.83. The normalized spacial score (nSPS) is 18.7. The van der Waals surface area contributed by atoms with E-state index < -0.39 is 7.40 Å². The topological polar surface area (TPSA) is 29.8 Å². The van der Waals surface area contributed by atoms with Crippen molar-refractivity contribution in [1.29, 1.82) is 0 Å². The molecule has 41 heavy (non-hydrogen) atoms. The van der Waals surface area contributed by atoms with E-state index in [1.165, 1.54) is 11.1 Å². The molecular formula is C34H36BF2N3O. The summed E-state index contributed by atoms with van der Waals surface area (Å²) in [4.78, 5) is 10.7. The van der Waals surface area contributed by atoms with Crippen molar-refractivity contribution in [2.45, 2.75) is 66.5 Å². The smallest absolute Gasteiger partial charge is 0.329 e. The van der Waals surface area contributed by atoms with E-state index in [1.54, 1.807) is 20.1 Å². The van der Waals surface area contributed by atoms with Crippen molar-refractivity contribution < 1.29 is 13.5 Å². The summed E-state index contributed by atoms with van der Waals surface area (Å²) in [5.41, 5.74) is 9.15. The van der Waals surface area contributed by atoms with Gasteiger partial charge < -0.3 is 9.32 Å². The maximum atomic E-state index is 14.3. The van der Waals surface area contributed by atoms with Crippen molar-refractivity contribution in [2.75, 3.05) is 7.11 Å². The third-order valence-electron chi connectivity index (χ3n) is 8.39. The van der Waals surface area contributed by atoms with Crippen LogP contribution in [0.15, 0.2) is 76.4 Å². The minimum atomic E-state index is -2.67. The molecule has 3 aromatic rings. The van der Waals surface area contributed by atoms with Crippen LogP contribution in [0.25, 0.3) is 5.57 Å². The number of allylic oxidation sites excluding steroid dienone is 2. The van der Waals surface area contributed by atoms with Crippen LogP contribution in [0.4, 0.5) is 8.63 Å². The number of aliphatic imine (C=N–C) groups is 1. The van der Waals surface area contributed by atoms with Gasteiger partial charge in [-0.3, -0.25) is 13.6 Å². The van der Waals surface area contributed by atoms with Crippen LogP contribution in [-0.4, -0.2) is 29.8 Å². The van der Waals surface area contributed by atoms with Crippen molar-refractivity contribution in [2.24, 2.45) is 4.99 Å². The van der Waals surface area contributed by atoms with Gasteiger partial charge in [0.1, 0.15) is 0 Å². The molecule has 0 radical (unpaired) electrons. The van der Waals surface area contributed by atoms with Gasteiger partial charge in [0, 0.05) is 22.5 Å². The largest absolute Gasteiger partial charge is 0.677 e. The molecule has 0 saturated heterocycles. The Balaban J connectivity index is 1.66. The van der Waals surface area contributed by atoms with Crippen LogP contribution in [0.1, 0.15) is 80.7 Å². The Morgan fingerprint density at radius 2 is 1.54 bits per heavy atom. The summed E-state index contributed by atoms with van der Waals surface area (Å²) >= 11 is 0. The highest BCUT2D eigenvalue weighted by atomic mass is 19.2. The fourth-order valence-electron chi connectivity index (χ4n) is 6.67. The van der Waals surface area contributed by atoms with Crippen molar-refractivity contribution >= 4 is 18.7 Å². The van der Waals surface area contributed by atoms with Crippen molar-refractivity contribution in [1.82, 2.24) is 9.54 Å². The number of fused-ring (bicyclic) bond motifs is 1. The molecule has 0 amide bonds. The fraction of sp³-hybridized carbons (Fsp3) is 0.324. The van der Waals surface area contributed by atoms with E-state index in [0.717, 1.165) is 38.0 Å². The quantitative estimate of drug-likeness (QED) is 0.244. The number of rotatable bonds is 4. The Bertz CT molecular complexity index is 1700. The number of aromatic nitrogens is 1. The minimum absolute atomic E-state index is 0.271. The first-order chi connectivity index (χ1) is 19.3. The fourth-order valence-corrected chi connectivity index (χ4v) is 6.67. The molecule has 0 fully saturated rings. The van der Waals surface area contributed by atoms with Crippen molar-refractivity contribution in [3.8, 4) is 11.8 Å². The van der Waals surface area contributed by atoms with Gasteiger partial charge in [0.2, 0.25) is 0 Å². The first kappa shape index (κ1) is 28.8. The highest BCUT2D eigenvalue weighted by Gasteiger charge is 2.49. The second-order valence-electron chi connectivity index (χ2n) is 11.9. The van der Waals surface area contributed by atoms with Gasteiger partial charge in [-0.25, -0.2) is 0 Å². The van der Waals surface area contributed by atoms with Crippen LogP contribution in [0.3, 0.4) is 0 Å². The molecule has 0 aliphatic carbocycles. The summed E-state index contributed by atoms with van der Waals surface area (Å²) in [5, 5.41) is 2.03. The van der Waals surface area contributed by atoms with E-state index in [2.05, 4.69) is 51.7 Å². The first-order valence-electron chi connectivity index (χ1n) is 13.9. The van der Waals surface area contributed by atoms with E-state index >= 15 is 0 Å². The number of hydroxylamine groups is 2. The Morgan fingerprint density at radius 3 is 2.17 bits per heavy atom. The van der Waals surface area contributed by atoms with E-state index in [9.17, 15) is 8.63 Å². The average Bonchev–Trinajstić information content (AvgIpc) is 3.42. The Hall–Kier alpha value is -3.73. The van der Waals surface area contributed by atoms with Crippen LogP contribution in [0.5, 0.6) is 0 Å². The maximum absolute atomic E-state index is 14.3. The van der Waals surface area contributed by atoms with Gasteiger partial charge in [-0.15, -0.1) is 0 Å². The molecule has 3 heterocycles. The summed E-state index contributed by atoms with van der Waals surface area (Å²) in [5.74, 6) is 6.74. The van der Waals surface area contributed by atoms with E-state index in [0.29, 0.717) is 22.7 Å². The lowest BCUT2D eigenvalue weighted by molar-refractivity contribution is -0.241. The molecule has 0 bridgehead atoms. The highest BCUT2D eigenvalue weighted by Crippen LogP contribution is 2.49.